The predicted molar refractivity (Wildman–Crippen MR) is 67.2 cm³/mol. The van der Waals surface area contributed by atoms with Crippen molar-refractivity contribution < 1.29 is 4.74 Å². The third-order valence-electron chi connectivity index (χ3n) is 2.27. The van der Waals surface area contributed by atoms with E-state index in [-0.39, 0.29) is 0 Å². The largest absolute Gasteiger partial charge is 0.381 e. The van der Waals surface area contributed by atoms with E-state index in [1.165, 1.54) is 38.5 Å². The Morgan fingerprint density at radius 2 is 1.57 bits per heavy atom. The minimum atomic E-state index is 0.814. The highest BCUT2D eigenvalue weighted by atomic mass is 32.1. The number of unbranched alkanes of at least 4 members (excludes halogenated alkanes) is 3. The molecule has 0 amide bonds. The van der Waals surface area contributed by atoms with Gasteiger partial charge in [-0.2, -0.15) is 12.6 Å². The third kappa shape index (κ3) is 12.3. The first-order chi connectivity index (χ1) is 6.77. The van der Waals surface area contributed by atoms with E-state index in [2.05, 4.69) is 26.5 Å². The third-order valence-corrected chi connectivity index (χ3v) is 2.58. The normalized spacial score (nSPS) is 11.1. The first-order valence-corrected chi connectivity index (χ1v) is 6.59. The van der Waals surface area contributed by atoms with E-state index in [1.807, 2.05) is 0 Å². The van der Waals surface area contributed by atoms with Crippen LogP contribution < -0.4 is 0 Å². The predicted octanol–water partition coefficient (Wildman–Crippen LogP) is 3.93. The maximum absolute atomic E-state index is 5.55. The fourth-order valence-corrected chi connectivity index (χ4v) is 1.59. The lowest BCUT2D eigenvalue weighted by Crippen LogP contribution is -1.99. The fourth-order valence-electron chi connectivity index (χ4n) is 1.37. The zero-order chi connectivity index (χ0) is 10.6. The van der Waals surface area contributed by atoms with Crippen LogP contribution in [0.25, 0.3) is 0 Å². The van der Waals surface area contributed by atoms with Crippen LogP contribution in [0.4, 0.5) is 0 Å². The Kier molecular flexibility index (Phi) is 11.6. The van der Waals surface area contributed by atoms with E-state index in [1.54, 1.807) is 0 Å². The molecular weight excluding hydrogens is 192 g/mol. The summed E-state index contributed by atoms with van der Waals surface area (Å²) in [5, 5.41) is 0. The van der Waals surface area contributed by atoms with Gasteiger partial charge >= 0.3 is 0 Å². The smallest absolute Gasteiger partial charge is 0.0466 e. The van der Waals surface area contributed by atoms with Crippen LogP contribution in [-0.2, 0) is 4.74 Å². The molecule has 0 aliphatic rings. The maximum Gasteiger partial charge on any atom is 0.0466 e. The van der Waals surface area contributed by atoms with Crippen molar-refractivity contribution in [3.05, 3.63) is 0 Å². The van der Waals surface area contributed by atoms with Crippen LogP contribution in [-0.4, -0.2) is 19.0 Å². The minimum absolute atomic E-state index is 0.814. The van der Waals surface area contributed by atoms with Crippen molar-refractivity contribution in [1.29, 1.82) is 0 Å². The minimum Gasteiger partial charge on any atom is -0.381 e. The molecule has 0 radical (unpaired) electrons. The van der Waals surface area contributed by atoms with Crippen molar-refractivity contribution in [2.24, 2.45) is 5.92 Å². The van der Waals surface area contributed by atoms with E-state index in [9.17, 15) is 0 Å². The van der Waals surface area contributed by atoms with Crippen LogP contribution in [0, 0.1) is 5.92 Å². The maximum atomic E-state index is 5.55. The van der Waals surface area contributed by atoms with Gasteiger partial charge in [0.25, 0.3) is 0 Å². The number of hydrogen-bond donors (Lipinski definition) is 1. The van der Waals surface area contributed by atoms with E-state index in [0.717, 1.165) is 24.9 Å². The molecular formula is C12H26OS. The van der Waals surface area contributed by atoms with Crippen molar-refractivity contribution in [2.45, 2.75) is 52.4 Å². The van der Waals surface area contributed by atoms with Crippen molar-refractivity contribution in [3.8, 4) is 0 Å². The van der Waals surface area contributed by atoms with Gasteiger partial charge in [-0.15, -0.1) is 0 Å². The Balaban J connectivity index is 2.85. The Hall–Kier alpha value is 0.310. The molecule has 0 aromatic heterocycles. The Morgan fingerprint density at radius 1 is 0.929 bits per heavy atom. The summed E-state index contributed by atoms with van der Waals surface area (Å²) in [4.78, 5) is 0. The zero-order valence-electron chi connectivity index (χ0n) is 9.80. The molecule has 14 heavy (non-hydrogen) atoms. The molecule has 0 atom stereocenters. The quantitative estimate of drug-likeness (QED) is 0.432. The molecule has 0 aliphatic carbocycles. The summed E-state index contributed by atoms with van der Waals surface area (Å²) in [6, 6.07) is 0. The highest BCUT2D eigenvalue weighted by Crippen LogP contribution is 2.04. The molecule has 0 fully saturated rings. The average Bonchev–Trinajstić information content (AvgIpc) is 2.15. The molecule has 0 aromatic rings. The van der Waals surface area contributed by atoms with Crippen LogP contribution in [0.5, 0.6) is 0 Å². The topological polar surface area (TPSA) is 9.23 Å². The molecule has 0 aromatic carbocycles. The molecule has 0 heterocycles. The molecule has 0 aliphatic heterocycles. The lowest BCUT2D eigenvalue weighted by molar-refractivity contribution is 0.124. The van der Waals surface area contributed by atoms with Gasteiger partial charge in [-0.05, 0) is 37.4 Å². The van der Waals surface area contributed by atoms with E-state index in [4.69, 9.17) is 4.74 Å². The second-order valence-electron chi connectivity index (χ2n) is 4.29. The Bertz CT molecular complexity index is 104. The molecule has 0 spiro atoms. The summed E-state index contributed by atoms with van der Waals surface area (Å²) in [6.45, 7) is 6.42. The van der Waals surface area contributed by atoms with Gasteiger partial charge in [-0.3, -0.25) is 0 Å². The van der Waals surface area contributed by atoms with Crippen LogP contribution >= 0.6 is 12.6 Å². The molecule has 86 valence electrons. The van der Waals surface area contributed by atoms with Gasteiger partial charge in [0.2, 0.25) is 0 Å². The summed E-state index contributed by atoms with van der Waals surface area (Å²) < 4.78 is 5.55. The first-order valence-electron chi connectivity index (χ1n) is 5.96. The van der Waals surface area contributed by atoms with E-state index in [0.29, 0.717) is 0 Å². The summed E-state index contributed by atoms with van der Waals surface area (Å²) in [7, 11) is 0. The van der Waals surface area contributed by atoms with Gasteiger partial charge in [-0.25, -0.2) is 0 Å². The lowest BCUT2D eigenvalue weighted by Gasteiger charge is -2.05. The molecule has 1 nitrogen and oxygen atoms in total. The summed E-state index contributed by atoms with van der Waals surface area (Å²) in [6.07, 6.45) is 7.57. The van der Waals surface area contributed by atoms with Crippen LogP contribution in [0.3, 0.4) is 0 Å². The van der Waals surface area contributed by atoms with E-state index < -0.39 is 0 Å². The standard InChI is InChI=1S/C12H26OS/c1-12(2)8-7-10-13-9-5-3-4-6-11-14/h12,14H,3-11H2,1-2H3. The molecule has 0 unspecified atom stereocenters. The summed E-state index contributed by atoms with van der Waals surface area (Å²) in [5.41, 5.74) is 0. The van der Waals surface area contributed by atoms with Crippen LogP contribution in [0.2, 0.25) is 0 Å². The van der Waals surface area contributed by atoms with Crippen molar-refractivity contribution >= 4 is 12.6 Å². The van der Waals surface area contributed by atoms with Crippen LogP contribution in [0.1, 0.15) is 52.4 Å². The summed E-state index contributed by atoms with van der Waals surface area (Å²) >= 11 is 4.18. The monoisotopic (exact) mass is 218 g/mol. The number of hydrogen-bond acceptors (Lipinski definition) is 2. The average molecular weight is 218 g/mol. The van der Waals surface area contributed by atoms with Gasteiger partial charge < -0.3 is 4.74 Å². The van der Waals surface area contributed by atoms with Crippen molar-refractivity contribution in [2.75, 3.05) is 19.0 Å². The molecule has 0 saturated carbocycles. The fraction of sp³-hybridized carbons (Fsp3) is 1.00. The Labute approximate surface area is 95.0 Å². The highest BCUT2D eigenvalue weighted by Gasteiger charge is 1.94. The van der Waals surface area contributed by atoms with Gasteiger partial charge in [0.05, 0.1) is 0 Å². The highest BCUT2D eigenvalue weighted by molar-refractivity contribution is 7.80. The molecule has 0 N–H and O–H groups in total. The van der Waals surface area contributed by atoms with Gasteiger partial charge in [-0.1, -0.05) is 26.7 Å². The molecule has 0 rings (SSSR count). The van der Waals surface area contributed by atoms with Gasteiger partial charge in [0, 0.05) is 13.2 Å². The number of thiol groups is 1. The van der Waals surface area contributed by atoms with Gasteiger partial charge in [0.1, 0.15) is 0 Å². The van der Waals surface area contributed by atoms with Crippen LogP contribution in [0.15, 0.2) is 0 Å². The first kappa shape index (κ1) is 14.3. The van der Waals surface area contributed by atoms with Gasteiger partial charge in [0.15, 0.2) is 0 Å². The number of rotatable bonds is 10. The van der Waals surface area contributed by atoms with Crippen molar-refractivity contribution in [1.82, 2.24) is 0 Å². The zero-order valence-corrected chi connectivity index (χ0v) is 10.7. The second-order valence-corrected chi connectivity index (χ2v) is 4.73. The molecule has 0 bridgehead atoms. The Morgan fingerprint density at radius 3 is 2.21 bits per heavy atom. The molecule has 0 saturated heterocycles. The lowest BCUT2D eigenvalue weighted by atomic mass is 10.1. The second kappa shape index (κ2) is 11.4. The summed E-state index contributed by atoms with van der Waals surface area (Å²) in [5.74, 6) is 1.84. The SMILES string of the molecule is CC(C)CCCOCCCCCCS. The van der Waals surface area contributed by atoms with E-state index >= 15 is 0 Å². The molecule has 2 heteroatoms. The van der Waals surface area contributed by atoms with Crippen molar-refractivity contribution in [3.63, 3.8) is 0 Å². The number of ether oxygens (including phenoxy) is 1.